The number of aryl methyl sites for hydroxylation is 2. The highest BCUT2D eigenvalue weighted by Crippen LogP contribution is 2.18. The van der Waals surface area contributed by atoms with Crippen LogP contribution >= 0.6 is 0 Å². The second-order valence-corrected chi connectivity index (χ2v) is 7.78. The maximum absolute atomic E-state index is 12.9. The van der Waals surface area contributed by atoms with Crippen molar-refractivity contribution in [1.82, 2.24) is 25.2 Å². The number of aromatic nitrogens is 3. The highest BCUT2D eigenvalue weighted by atomic mass is 16.3. The van der Waals surface area contributed by atoms with E-state index in [4.69, 9.17) is 4.42 Å². The number of nitrogens with zero attached hydrogens (tertiary/aromatic N) is 3. The molecular weight excluding hydrogens is 422 g/mol. The quantitative estimate of drug-likeness (QED) is 0.442. The van der Waals surface area contributed by atoms with Crippen molar-refractivity contribution in [1.29, 1.82) is 0 Å². The molecule has 0 aliphatic carbocycles. The SMILES string of the molecule is CCCn1nc(C(=O)NNC(=O)c2cc(C)n(Cc3ccco3)c2C)c2ccccc2c1=O. The molecule has 0 bridgehead atoms. The van der Waals surface area contributed by atoms with E-state index in [0.717, 1.165) is 17.1 Å². The number of benzene rings is 1. The fourth-order valence-electron chi connectivity index (χ4n) is 3.84. The lowest BCUT2D eigenvalue weighted by Crippen LogP contribution is -2.43. The summed E-state index contributed by atoms with van der Waals surface area (Å²) in [6.45, 7) is 6.55. The Morgan fingerprint density at radius 1 is 1.03 bits per heavy atom. The number of carbonyl (C=O) groups is 2. The van der Waals surface area contributed by atoms with E-state index in [1.165, 1.54) is 4.68 Å². The largest absolute Gasteiger partial charge is 0.467 e. The average molecular weight is 447 g/mol. The van der Waals surface area contributed by atoms with Crippen LogP contribution in [0.4, 0.5) is 0 Å². The minimum Gasteiger partial charge on any atom is -0.467 e. The molecule has 2 amide bonds. The maximum Gasteiger partial charge on any atom is 0.290 e. The predicted molar refractivity (Wildman–Crippen MR) is 123 cm³/mol. The van der Waals surface area contributed by atoms with Gasteiger partial charge >= 0.3 is 0 Å². The van der Waals surface area contributed by atoms with Crippen LogP contribution in [0.25, 0.3) is 10.8 Å². The number of rotatable bonds is 6. The second kappa shape index (κ2) is 9.15. The topological polar surface area (TPSA) is 111 Å². The molecule has 0 radical (unpaired) electrons. The molecule has 170 valence electrons. The van der Waals surface area contributed by atoms with Gasteiger partial charge in [0.1, 0.15) is 5.76 Å². The number of carbonyl (C=O) groups excluding carboxylic acids is 2. The first-order valence-electron chi connectivity index (χ1n) is 10.7. The average Bonchev–Trinajstić information content (AvgIpc) is 3.43. The van der Waals surface area contributed by atoms with Crippen LogP contribution in [-0.2, 0) is 13.1 Å². The molecule has 0 saturated heterocycles. The van der Waals surface area contributed by atoms with Gasteiger partial charge in [0.15, 0.2) is 5.69 Å². The van der Waals surface area contributed by atoms with Crippen LogP contribution in [-0.4, -0.2) is 26.2 Å². The highest BCUT2D eigenvalue weighted by molar-refractivity contribution is 6.06. The summed E-state index contributed by atoms with van der Waals surface area (Å²) in [5.74, 6) is -0.278. The number of hydrazine groups is 1. The van der Waals surface area contributed by atoms with E-state index in [1.807, 2.05) is 37.5 Å². The summed E-state index contributed by atoms with van der Waals surface area (Å²) >= 11 is 0. The van der Waals surface area contributed by atoms with Gasteiger partial charge in [-0.3, -0.25) is 25.2 Å². The molecule has 0 aliphatic heterocycles. The Bertz CT molecular complexity index is 1380. The smallest absolute Gasteiger partial charge is 0.290 e. The fraction of sp³-hybridized carbons (Fsp3) is 0.250. The van der Waals surface area contributed by atoms with E-state index < -0.39 is 11.8 Å². The molecule has 0 unspecified atom stereocenters. The monoisotopic (exact) mass is 447 g/mol. The minimum absolute atomic E-state index is 0.0715. The molecule has 3 heterocycles. The normalized spacial score (nSPS) is 11.0. The van der Waals surface area contributed by atoms with Crippen molar-refractivity contribution >= 4 is 22.6 Å². The van der Waals surface area contributed by atoms with Crippen LogP contribution < -0.4 is 16.4 Å². The summed E-state index contributed by atoms with van der Waals surface area (Å²) in [6.07, 6.45) is 2.30. The molecule has 0 fully saturated rings. The van der Waals surface area contributed by atoms with Gasteiger partial charge in [0.25, 0.3) is 17.4 Å². The van der Waals surface area contributed by atoms with Crippen molar-refractivity contribution in [3.8, 4) is 0 Å². The Balaban J connectivity index is 1.55. The first-order chi connectivity index (χ1) is 15.9. The van der Waals surface area contributed by atoms with E-state index >= 15 is 0 Å². The van der Waals surface area contributed by atoms with E-state index in [-0.39, 0.29) is 11.3 Å². The van der Waals surface area contributed by atoms with Crippen LogP contribution in [0.1, 0.15) is 51.3 Å². The van der Waals surface area contributed by atoms with Gasteiger partial charge in [0.2, 0.25) is 0 Å². The predicted octanol–water partition coefficient (Wildman–Crippen LogP) is 2.94. The summed E-state index contributed by atoms with van der Waals surface area (Å²) in [6, 6.07) is 12.2. The fourth-order valence-corrected chi connectivity index (χ4v) is 3.84. The number of hydrogen-bond acceptors (Lipinski definition) is 5. The summed E-state index contributed by atoms with van der Waals surface area (Å²) in [7, 11) is 0. The van der Waals surface area contributed by atoms with Gasteiger partial charge in [-0.1, -0.05) is 25.1 Å². The maximum atomic E-state index is 12.9. The molecule has 0 atom stereocenters. The molecule has 4 rings (SSSR count). The summed E-state index contributed by atoms with van der Waals surface area (Å²) < 4.78 is 8.65. The molecule has 33 heavy (non-hydrogen) atoms. The second-order valence-electron chi connectivity index (χ2n) is 7.78. The van der Waals surface area contributed by atoms with Crippen LogP contribution in [0.3, 0.4) is 0 Å². The molecule has 9 nitrogen and oxygen atoms in total. The Morgan fingerprint density at radius 2 is 1.76 bits per heavy atom. The first-order valence-corrected chi connectivity index (χ1v) is 10.7. The Kier molecular flexibility index (Phi) is 6.12. The third kappa shape index (κ3) is 4.30. The summed E-state index contributed by atoms with van der Waals surface area (Å²) in [5.41, 5.74) is 6.79. The van der Waals surface area contributed by atoms with E-state index in [2.05, 4.69) is 16.0 Å². The summed E-state index contributed by atoms with van der Waals surface area (Å²) in [4.78, 5) is 38.3. The first kappa shape index (κ1) is 22.1. The number of nitrogens with one attached hydrogen (secondary N) is 2. The Morgan fingerprint density at radius 3 is 2.45 bits per heavy atom. The van der Waals surface area contributed by atoms with E-state index in [0.29, 0.717) is 35.8 Å². The lowest BCUT2D eigenvalue weighted by molar-refractivity contribution is 0.0843. The Hall–Kier alpha value is -4.14. The molecule has 2 N–H and O–H groups in total. The van der Waals surface area contributed by atoms with Crippen molar-refractivity contribution in [3.63, 3.8) is 0 Å². The third-order valence-electron chi connectivity index (χ3n) is 5.52. The zero-order chi connectivity index (χ0) is 23.5. The molecule has 9 heteroatoms. The molecule has 3 aromatic heterocycles. The number of hydrogen-bond donors (Lipinski definition) is 2. The number of furan rings is 1. The van der Waals surface area contributed by atoms with Crippen LogP contribution in [0.5, 0.6) is 0 Å². The zero-order valence-electron chi connectivity index (χ0n) is 18.7. The molecular formula is C24H25N5O4. The highest BCUT2D eigenvalue weighted by Gasteiger charge is 2.20. The molecule has 0 saturated carbocycles. The van der Waals surface area contributed by atoms with E-state index in [1.54, 1.807) is 36.6 Å². The molecule has 0 spiro atoms. The standard InChI is InChI=1S/C24H25N5O4/c1-4-11-29-24(32)19-10-6-5-9-18(19)21(27-29)23(31)26-25-22(30)20-13-15(2)28(16(20)3)14-17-8-7-12-33-17/h5-10,12-13H,4,11,14H2,1-3H3,(H,25,30)(H,26,31). The van der Waals surface area contributed by atoms with Crippen molar-refractivity contribution < 1.29 is 14.0 Å². The van der Waals surface area contributed by atoms with Gasteiger partial charge in [0, 0.05) is 23.3 Å². The van der Waals surface area contributed by atoms with Gasteiger partial charge < -0.3 is 8.98 Å². The van der Waals surface area contributed by atoms with Gasteiger partial charge in [-0.15, -0.1) is 0 Å². The molecule has 0 aliphatic rings. The van der Waals surface area contributed by atoms with Crippen molar-refractivity contribution in [3.05, 3.63) is 87.5 Å². The van der Waals surface area contributed by atoms with Crippen LogP contribution in [0.2, 0.25) is 0 Å². The van der Waals surface area contributed by atoms with Crippen LogP contribution in [0.15, 0.2) is 57.9 Å². The van der Waals surface area contributed by atoms with Crippen molar-refractivity contribution in [2.75, 3.05) is 0 Å². The molecule has 1 aromatic carbocycles. The minimum atomic E-state index is -0.603. The zero-order valence-corrected chi connectivity index (χ0v) is 18.7. The van der Waals surface area contributed by atoms with Crippen LogP contribution in [0, 0.1) is 13.8 Å². The number of fused-ring (bicyclic) bond motifs is 1. The lowest BCUT2D eigenvalue weighted by atomic mass is 10.1. The third-order valence-corrected chi connectivity index (χ3v) is 5.52. The van der Waals surface area contributed by atoms with Crippen molar-refractivity contribution in [2.24, 2.45) is 0 Å². The van der Waals surface area contributed by atoms with Gasteiger partial charge in [-0.05, 0) is 44.5 Å². The Labute approximate surface area is 190 Å². The van der Waals surface area contributed by atoms with Gasteiger partial charge in [0.05, 0.1) is 23.8 Å². The lowest BCUT2D eigenvalue weighted by Gasteiger charge is -2.12. The van der Waals surface area contributed by atoms with Crippen molar-refractivity contribution in [2.45, 2.75) is 40.3 Å². The number of amides is 2. The summed E-state index contributed by atoms with van der Waals surface area (Å²) in [5, 5.41) is 5.08. The van der Waals surface area contributed by atoms with Gasteiger partial charge in [-0.25, -0.2) is 4.68 Å². The molecule has 4 aromatic rings. The van der Waals surface area contributed by atoms with Gasteiger partial charge in [-0.2, -0.15) is 5.10 Å². The van der Waals surface area contributed by atoms with E-state index in [9.17, 15) is 14.4 Å².